The van der Waals surface area contributed by atoms with Crippen LogP contribution in [0.2, 0.25) is 0 Å². The summed E-state index contributed by atoms with van der Waals surface area (Å²) in [6.45, 7) is 10.7. The summed E-state index contributed by atoms with van der Waals surface area (Å²) in [7, 11) is -3.72. The SMILES string of the molecule is CCN1CCN(CCCNS(=O)(=O)c2ccccc2-c2nc(-c3ccc(C)cc3)no2)CC1. The largest absolute Gasteiger partial charge is 0.334 e. The number of benzene rings is 2. The van der Waals surface area contributed by atoms with Gasteiger partial charge < -0.3 is 14.3 Å². The van der Waals surface area contributed by atoms with Gasteiger partial charge in [-0.3, -0.25) is 0 Å². The number of hydrogen-bond donors (Lipinski definition) is 1. The van der Waals surface area contributed by atoms with Crippen LogP contribution in [0.1, 0.15) is 18.9 Å². The average molecular weight is 470 g/mol. The summed E-state index contributed by atoms with van der Waals surface area (Å²) in [4.78, 5) is 9.40. The molecule has 9 heteroatoms. The lowest BCUT2D eigenvalue weighted by molar-refractivity contribution is 0.136. The van der Waals surface area contributed by atoms with Crippen molar-refractivity contribution in [1.29, 1.82) is 0 Å². The number of sulfonamides is 1. The maximum atomic E-state index is 13.1. The number of piperazine rings is 1. The van der Waals surface area contributed by atoms with Crippen molar-refractivity contribution in [2.45, 2.75) is 25.2 Å². The van der Waals surface area contributed by atoms with Gasteiger partial charge in [0, 0.05) is 38.3 Å². The fourth-order valence-electron chi connectivity index (χ4n) is 3.95. The number of hydrogen-bond acceptors (Lipinski definition) is 7. The fourth-order valence-corrected chi connectivity index (χ4v) is 5.22. The van der Waals surface area contributed by atoms with E-state index in [1.807, 2.05) is 31.2 Å². The quantitative estimate of drug-likeness (QED) is 0.482. The molecule has 0 amide bonds. The minimum Gasteiger partial charge on any atom is -0.334 e. The van der Waals surface area contributed by atoms with Crippen molar-refractivity contribution in [2.24, 2.45) is 0 Å². The molecule has 1 aliphatic heterocycles. The van der Waals surface area contributed by atoms with Gasteiger partial charge in [-0.15, -0.1) is 0 Å². The molecule has 4 rings (SSSR count). The first-order valence-electron chi connectivity index (χ1n) is 11.4. The van der Waals surface area contributed by atoms with Gasteiger partial charge in [0.1, 0.15) is 0 Å². The van der Waals surface area contributed by atoms with Crippen LogP contribution in [0.3, 0.4) is 0 Å². The normalized spacial score (nSPS) is 15.7. The van der Waals surface area contributed by atoms with E-state index in [0.29, 0.717) is 17.9 Å². The highest BCUT2D eigenvalue weighted by molar-refractivity contribution is 7.89. The molecule has 0 bridgehead atoms. The van der Waals surface area contributed by atoms with Crippen LogP contribution in [-0.4, -0.2) is 74.2 Å². The van der Waals surface area contributed by atoms with Crippen LogP contribution in [0.4, 0.5) is 0 Å². The summed E-state index contributed by atoms with van der Waals surface area (Å²) in [6.07, 6.45) is 0.756. The average Bonchev–Trinajstić information content (AvgIpc) is 3.33. The molecule has 0 spiro atoms. The minimum atomic E-state index is -3.72. The summed E-state index contributed by atoms with van der Waals surface area (Å²) < 4.78 is 34.3. The van der Waals surface area contributed by atoms with Crippen LogP contribution >= 0.6 is 0 Å². The summed E-state index contributed by atoms with van der Waals surface area (Å²) in [6, 6.07) is 14.5. The molecular weight excluding hydrogens is 438 g/mol. The Labute approximate surface area is 195 Å². The van der Waals surface area contributed by atoms with E-state index in [0.717, 1.165) is 56.8 Å². The van der Waals surface area contributed by atoms with Gasteiger partial charge in [0.25, 0.3) is 5.89 Å². The van der Waals surface area contributed by atoms with Crippen molar-refractivity contribution in [1.82, 2.24) is 24.7 Å². The maximum Gasteiger partial charge on any atom is 0.259 e. The molecule has 8 nitrogen and oxygen atoms in total. The van der Waals surface area contributed by atoms with Crippen LogP contribution in [0, 0.1) is 6.92 Å². The molecule has 1 N–H and O–H groups in total. The third kappa shape index (κ3) is 5.86. The molecule has 0 unspecified atom stereocenters. The third-order valence-corrected chi connectivity index (χ3v) is 7.52. The standard InChI is InChI=1S/C24H31N5O3S/c1-3-28-15-17-29(18-16-28)14-6-13-25-33(30,31)22-8-5-4-7-21(22)24-26-23(27-32-24)20-11-9-19(2)10-12-20/h4-5,7-12,25H,3,6,13-18H2,1-2H3. The van der Waals surface area contributed by atoms with Gasteiger partial charge in [0.05, 0.1) is 10.5 Å². The molecule has 1 saturated heterocycles. The molecule has 2 aromatic carbocycles. The number of nitrogens with one attached hydrogen (secondary N) is 1. The zero-order valence-corrected chi connectivity index (χ0v) is 20.0. The van der Waals surface area contributed by atoms with E-state index in [2.05, 4.69) is 31.6 Å². The zero-order chi connectivity index (χ0) is 23.3. The van der Waals surface area contributed by atoms with Crippen molar-refractivity contribution < 1.29 is 12.9 Å². The topological polar surface area (TPSA) is 91.6 Å². The van der Waals surface area contributed by atoms with Gasteiger partial charge in [-0.05, 0) is 38.6 Å². The first-order chi connectivity index (χ1) is 16.0. The van der Waals surface area contributed by atoms with Crippen molar-refractivity contribution in [3.8, 4) is 22.8 Å². The van der Waals surface area contributed by atoms with Crippen molar-refractivity contribution in [3.63, 3.8) is 0 Å². The molecule has 1 fully saturated rings. The second kappa shape index (κ2) is 10.6. The Balaban J connectivity index is 1.41. The first kappa shape index (κ1) is 23.6. The zero-order valence-electron chi connectivity index (χ0n) is 19.2. The molecule has 33 heavy (non-hydrogen) atoms. The molecule has 0 aliphatic carbocycles. The first-order valence-corrected chi connectivity index (χ1v) is 12.9. The van der Waals surface area contributed by atoms with Crippen LogP contribution in [0.15, 0.2) is 57.9 Å². The molecule has 1 aromatic heterocycles. The van der Waals surface area contributed by atoms with E-state index in [1.165, 1.54) is 0 Å². The number of likely N-dealkylation sites (N-methyl/N-ethyl adjacent to an activating group) is 1. The fraction of sp³-hybridized carbons (Fsp3) is 0.417. The van der Waals surface area contributed by atoms with Gasteiger partial charge in [0.2, 0.25) is 15.8 Å². The summed E-state index contributed by atoms with van der Waals surface area (Å²) in [5.74, 6) is 0.605. The predicted molar refractivity (Wildman–Crippen MR) is 128 cm³/mol. The molecule has 176 valence electrons. The van der Waals surface area contributed by atoms with Crippen LogP contribution in [0.5, 0.6) is 0 Å². The van der Waals surface area contributed by atoms with Crippen LogP contribution in [-0.2, 0) is 10.0 Å². The Kier molecular flexibility index (Phi) is 7.54. The Morgan fingerprint density at radius 1 is 1.00 bits per heavy atom. The van der Waals surface area contributed by atoms with Gasteiger partial charge >= 0.3 is 0 Å². The number of nitrogens with zero attached hydrogens (tertiary/aromatic N) is 4. The van der Waals surface area contributed by atoms with E-state index < -0.39 is 10.0 Å². The predicted octanol–water partition coefficient (Wildman–Crippen LogP) is 3.02. The minimum absolute atomic E-state index is 0.140. The second-order valence-corrected chi connectivity index (χ2v) is 10.0. The summed E-state index contributed by atoms with van der Waals surface area (Å²) >= 11 is 0. The number of aromatic nitrogens is 2. The Hall–Kier alpha value is -2.59. The molecule has 0 saturated carbocycles. The molecule has 1 aliphatic rings. The maximum absolute atomic E-state index is 13.1. The monoisotopic (exact) mass is 469 g/mol. The second-order valence-electron chi connectivity index (χ2n) is 8.31. The third-order valence-electron chi connectivity index (χ3n) is 6.00. The highest BCUT2D eigenvalue weighted by Crippen LogP contribution is 2.28. The molecular formula is C24H31N5O3S. The Bertz CT molecular complexity index is 1150. The number of aryl methyl sites for hydroxylation is 1. The van der Waals surface area contributed by atoms with E-state index in [9.17, 15) is 8.42 Å². The van der Waals surface area contributed by atoms with E-state index in [-0.39, 0.29) is 10.8 Å². The van der Waals surface area contributed by atoms with E-state index >= 15 is 0 Å². The van der Waals surface area contributed by atoms with Gasteiger partial charge in [-0.1, -0.05) is 54.0 Å². The van der Waals surface area contributed by atoms with Gasteiger partial charge in [-0.25, -0.2) is 13.1 Å². The van der Waals surface area contributed by atoms with Crippen LogP contribution < -0.4 is 4.72 Å². The molecule has 0 radical (unpaired) electrons. The number of rotatable bonds is 9. The van der Waals surface area contributed by atoms with Crippen molar-refractivity contribution >= 4 is 10.0 Å². The highest BCUT2D eigenvalue weighted by Gasteiger charge is 2.23. The Morgan fingerprint density at radius 2 is 1.70 bits per heavy atom. The van der Waals surface area contributed by atoms with Crippen LogP contribution in [0.25, 0.3) is 22.8 Å². The van der Waals surface area contributed by atoms with E-state index in [1.54, 1.807) is 24.3 Å². The highest BCUT2D eigenvalue weighted by atomic mass is 32.2. The van der Waals surface area contributed by atoms with Crippen molar-refractivity contribution in [2.75, 3.05) is 45.8 Å². The molecule has 2 heterocycles. The summed E-state index contributed by atoms with van der Waals surface area (Å²) in [5, 5.41) is 4.04. The van der Waals surface area contributed by atoms with E-state index in [4.69, 9.17) is 4.52 Å². The summed E-state index contributed by atoms with van der Waals surface area (Å²) in [5.41, 5.74) is 2.34. The molecule has 3 aromatic rings. The van der Waals surface area contributed by atoms with Gasteiger partial charge in [-0.2, -0.15) is 4.98 Å². The molecule has 0 atom stereocenters. The lowest BCUT2D eigenvalue weighted by atomic mass is 10.1. The lowest BCUT2D eigenvalue weighted by Crippen LogP contribution is -2.46. The van der Waals surface area contributed by atoms with Crippen molar-refractivity contribution in [3.05, 3.63) is 54.1 Å². The Morgan fingerprint density at radius 3 is 2.42 bits per heavy atom. The van der Waals surface area contributed by atoms with Gasteiger partial charge in [0.15, 0.2) is 0 Å². The lowest BCUT2D eigenvalue weighted by Gasteiger charge is -2.33. The smallest absolute Gasteiger partial charge is 0.259 e.